The normalized spacial score (nSPS) is 35.6. The first-order valence-electron chi connectivity index (χ1n) is 6.08. The molecule has 2 aliphatic rings. The summed E-state index contributed by atoms with van der Waals surface area (Å²) >= 11 is 0. The first-order chi connectivity index (χ1) is 8.34. The number of hydrogen-bond acceptors (Lipinski definition) is 2. The number of hydrogen-bond donors (Lipinski definition) is 1. The quantitative estimate of drug-likeness (QED) is 0.800. The van der Waals surface area contributed by atoms with Crippen molar-refractivity contribution in [1.29, 1.82) is 0 Å². The van der Waals surface area contributed by atoms with Crippen LogP contribution in [0.15, 0.2) is 54.6 Å². The summed E-state index contributed by atoms with van der Waals surface area (Å²) in [7, 11) is 0. The van der Waals surface area contributed by atoms with Gasteiger partial charge in [-0.05, 0) is 12.0 Å². The minimum Gasteiger partial charge on any atom is -0.390 e. The van der Waals surface area contributed by atoms with Gasteiger partial charge in [-0.2, -0.15) is 0 Å². The first kappa shape index (κ1) is 10.8. The molecule has 1 aromatic carbocycles. The second kappa shape index (κ2) is 4.47. The smallest absolute Gasteiger partial charge is 0.109 e. The highest BCUT2D eigenvalue weighted by Crippen LogP contribution is 2.36. The third kappa shape index (κ3) is 2.06. The summed E-state index contributed by atoms with van der Waals surface area (Å²) in [5.41, 5.74) is 1.06. The maximum Gasteiger partial charge on any atom is 0.109 e. The topological polar surface area (TPSA) is 29.5 Å². The number of rotatable bonds is 1. The van der Waals surface area contributed by atoms with Crippen LogP contribution in [0.25, 0.3) is 0 Å². The molecule has 0 bridgehead atoms. The number of aliphatic hydroxyl groups excluding tert-OH is 1. The number of fused-ring (bicyclic) bond motifs is 1. The average molecular weight is 228 g/mol. The van der Waals surface area contributed by atoms with Gasteiger partial charge in [0.15, 0.2) is 0 Å². The number of benzene rings is 1. The SMILES string of the molecule is OC1CC2C=CC=CC2OC1c1ccccc1. The summed E-state index contributed by atoms with van der Waals surface area (Å²) in [5, 5.41) is 10.2. The van der Waals surface area contributed by atoms with Gasteiger partial charge >= 0.3 is 0 Å². The van der Waals surface area contributed by atoms with Crippen LogP contribution in [0.3, 0.4) is 0 Å². The Labute approximate surface area is 101 Å². The Morgan fingerprint density at radius 2 is 1.82 bits per heavy atom. The summed E-state index contributed by atoms with van der Waals surface area (Å²) in [5.74, 6) is 0.315. The third-order valence-corrected chi connectivity index (χ3v) is 3.49. The molecule has 4 unspecified atom stereocenters. The second-order valence-corrected chi connectivity index (χ2v) is 4.67. The van der Waals surface area contributed by atoms with Crippen LogP contribution in [0.1, 0.15) is 18.1 Å². The van der Waals surface area contributed by atoms with Crippen molar-refractivity contribution in [2.75, 3.05) is 0 Å². The van der Waals surface area contributed by atoms with Gasteiger partial charge in [0.25, 0.3) is 0 Å². The Kier molecular flexibility index (Phi) is 2.83. The van der Waals surface area contributed by atoms with Crippen molar-refractivity contribution in [3.8, 4) is 0 Å². The largest absolute Gasteiger partial charge is 0.390 e. The van der Waals surface area contributed by atoms with Crippen LogP contribution >= 0.6 is 0 Å². The molecule has 17 heavy (non-hydrogen) atoms. The molecule has 3 rings (SSSR count). The molecule has 4 atom stereocenters. The molecule has 0 amide bonds. The molecule has 1 aliphatic carbocycles. The van der Waals surface area contributed by atoms with Gasteiger partial charge in [0.1, 0.15) is 6.10 Å². The summed E-state index contributed by atoms with van der Waals surface area (Å²) < 4.78 is 6.00. The van der Waals surface area contributed by atoms with E-state index in [-0.39, 0.29) is 12.2 Å². The molecule has 0 aromatic heterocycles. The van der Waals surface area contributed by atoms with Crippen molar-refractivity contribution in [2.24, 2.45) is 5.92 Å². The molecule has 2 heteroatoms. The van der Waals surface area contributed by atoms with E-state index in [1.54, 1.807) is 0 Å². The van der Waals surface area contributed by atoms with Crippen molar-refractivity contribution < 1.29 is 9.84 Å². The molecule has 2 nitrogen and oxygen atoms in total. The van der Waals surface area contributed by atoms with E-state index in [9.17, 15) is 5.11 Å². The molecule has 1 aromatic rings. The molecular formula is C15H16O2. The first-order valence-corrected chi connectivity index (χ1v) is 6.08. The molecule has 1 saturated heterocycles. The van der Waals surface area contributed by atoms with Crippen molar-refractivity contribution in [3.05, 3.63) is 60.2 Å². The van der Waals surface area contributed by atoms with E-state index in [0.717, 1.165) is 12.0 Å². The predicted octanol–water partition coefficient (Wildman–Crippen LogP) is 2.62. The van der Waals surface area contributed by atoms with Crippen molar-refractivity contribution in [3.63, 3.8) is 0 Å². The molecule has 0 radical (unpaired) electrons. The van der Waals surface area contributed by atoms with Crippen LogP contribution in [-0.2, 0) is 4.74 Å². The molecule has 0 saturated carbocycles. The highest BCUT2D eigenvalue weighted by atomic mass is 16.5. The Bertz CT molecular complexity index is 435. The fourth-order valence-corrected chi connectivity index (χ4v) is 2.60. The summed E-state index contributed by atoms with van der Waals surface area (Å²) in [6.07, 6.45) is 8.49. The molecule has 88 valence electrons. The molecule has 1 N–H and O–H groups in total. The Hall–Kier alpha value is -1.38. The number of allylic oxidation sites excluding steroid dienone is 2. The monoisotopic (exact) mass is 228 g/mol. The maximum absolute atomic E-state index is 10.2. The summed E-state index contributed by atoms with van der Waals surface area (Å²) in [6.45, 7) is 0. The Morgan fingerprint density at radius 1 is 1.06 bits per heavy atom. The van der Waals surface area contributed by atoms with E-state index in [4.69, 9.17) is 4.74 Å². The van der Waals surface area contributed by atoms with E-state index < -0.39 is 6.10 Å². The zero-order chi connectivity index (χ0) is 11.7. The predicted molar refractivity (Wildman–Crippen MR) is 66.4 cm³/mol. The standard InChI is InChI=1S/C15H16O2/c16-13-10-12-8-4-5-9-14(12)17-15(13)11-6-2-1-3-7-11/h1-9,12-16H,10H2. The van der Waals surface area contributed by atoms with Crippen LogP contribution in [0.5, 0.6) is 0 Å². The van der Waals surface area contributed by atoms with E-state index in [0.29, 0.717) is 5.92 Å². The van der Waals surface area contributed by atoms with Gasteiger partial charge in [0, 0.05) is 5.92 Å². The second-order valence-electron chi connectivity index (χ2n) is 4.67. The average Bonchev–Trinajstić information content (AvgIpc) is 2.39. The minimum atomic E-state index is -0.421. The van der Waals surface area contributed by atoms with Crippen LogP contribution in [0.2, 0.25) is 0 Å². The van der Waals surface area contributed by atoms with Gasteiger partial charge < -0.3 is 9.84 Å². The Balaban J connectivity index is 1.83. The molecule has 1 heterocycles. The Morgan fingerprint density at radius 3 is 2.65 bits per heavy atom. The molecular weight excluding hydrogens is 212 g/mol. The zero-order valence-corrected chi connectivity index (χ0v) is 9.57. The maximum atomic E-state index is 10.2. The van der Waals surface area contributed by atoms with Crippen LogP contribution < -0.4 is 0 Å². The van der Waals surface area contributed by atoms with Crippen LogP contribution in [0, 0.1) is 5.92 Å². The fraction of sp³-hybridized carbons (Fsp3) is 0.333. The number of aliphatic hydroxyl groups is 1. The lowest BCUT2D eigenvalue weighted by molar-refractivity contribution is -0.121. The fourth-order valence-electron chi connectivity index (χ4n) is 2.60. The zero-order valence-electron chi connectivity index (χ0n) is 9.57. The van der Waals surface area contributed by atoms with E-state index in [1.807, 2.05) is 42.5 Å². The van der Waals surface area contributed by atoms with Gasteiger partial charge in [-0.1, -0.05) is 54.6 Å². The van der Waals surface area contributed by atoms with Crippen molar-refractivity contribution >= 4 is 0 Å². The van der Waals surface area contributed by atoms with Gasteiger partial charge in [-0.15, -0.1) is 0 Å². The lowest BCUT2D eigenvalue weighted by Gasteiger charge is -2.38. The van der Waals surface area contributed by atoms with Crippen molar-refractivity contribution in [2.45, 2.75) is 24.7 Å². The van der Waals surface area contributed by atoms with E-state index >= 15 is 0 Å². The lowest BCUT2D eigenvalue weighted by Crippen LogP contribution is -2.38. The van der Waals surface area contributed by atoms with Gasteiger partial charge in [-0.3, -0.25) is 0 Å². The lowest BCUT2D eigenvalue weighted by atomic mass is 9.85. The summed E-state index contributed by atoms with van der Waals surface area (Å²) in [6, 6.07) is 9.96. The minimum absolute atomic E-state index is 0.105. The highest BCUT2D eigenvalue weighted by molar-refractivity contribution is 5.22. The van der Waals surface area contributed by atoms with Crippen LogP contribution in [0.4, 0.5) is 0 Å². The van der Waals surface area contributed by atoms with Gasteiger partial charge in [0.05, 0.1) is 12.2 Å². The molecule has 0 spiro atoms. The highest BCUT2D eigenvalue weighted by Gasteiger charge is 2.35. The van der Waals surface area contributed by atoms with Crippen molar-refractivity contribution in [1.82, 2.24) is 0 Å². The van der Waals surface area contributed by atoms with Crippen LogP contribution in [-0.4, -0.2) is 17.3 Å². The third-order valence-electron chi connectivity index (χ3n) is 3.49. The van der Waals surface area contributed by atoms with Gasteiger partial charge in [0.2, 0.25) is 0 Å². The molecule has 1 aliphatic heterocycles. The summed E-state index contributed by atoms with van der Waals surface area (Å²) in [4.78, 5) is 0. The molecule has 1 fully saturated rings. The van der Waals surface area contributed by atoms with Gasteiger partial charge in [-0.25, -0.2) is 0 Å². The van der Waals surface area contributed by atoms with E-state index in [2.05, 4.69) is 12.2 Å². The van der Waals surface area contributed by atoms with E-state index in [1.165, 1.54) is 0 Å². The number of ether oxygens (including phenoxy) is 1.